The lowest BCUT2D eigenvalue weighted by Gasteiger charge is -2.14. The van der Waals surface area contributed by atoms with E-state index in [0.29, 0.717) is 0 Å². The number of aliphatic hydroxyl groups is 1. The number of rotatable bonds is 2. The van der Waals surface area contributed by atoms with Crippen LogP contribution in [0.5, 0.6) is 0 Å². The standard InChI is InChI=1S/C9H15N3O.2ClH/c1-2-12-9-3-4-10-5-7(9)8(6-13)11-12;;/h10,13H,2-6H2,1H3;2*1H. The summed E-state index contributed by atoms with van der Waals surface area (Å²) in [6, 6.07) is 0. The summed E-state index contributed by atoms with van der Waals surface area (Å²) in [5.74, 6) is 0. The van der Waals surface area contributed by atoms with E-state index in [1.54, 1.807) is 0 Å². The molecule has 0 spiro atoms. The zero-order valence-electron chi connectivity index (χ0n) is 8.69. The van der Waals surface area contributed by atoms with E-state index < -0.39 is 0 Å². The molecule has 1 aliphatic rings. The van der Waals surface area contributed by atoms with Crippen LogP contribution in [0.4, 0.5) is 0 Å². The molecule has 1 aromatic rings. The highest BCUT2D eigenvalue weighted by Crippen LogP contribution is 2.18. The van der Waals surface area contributed by atoms with Crippen molar-refractivity contribution in [3.63, 3.8) is 0 Å². The van der Waals surface area contributed by atoms with Crippen LogP contribution < -0.4 is 5.32 Å². The summed E-state index contributed by atoms with van der Waals surface area (Å²) < 4.78 is 2.00. The van der Waals surface area contributed by atoms with Gasteiger partial charge in [-0.25, -0.2) is 0 Å². The molecule has 0 radical (unpaired) electrons. The SMILES string of the molecule is CCn1nc(CO)c2c1CCNC2.Cl.Cl. The van der Waals surface area contributed by atoms with Gasteiger partial charge in [0.2, 0.25) is 0 Å². The minimum absolute atomic E-state index is 0. The molecule has 1 aromatic heterocycles. The molecule has 6 heteroatoms. The van der Waals surface area contributed by atoms with Gasteiger partial charge in [-0.05, 0) is 6.92 Å². The van der Waals surface area contributed by atoms with Crippen molar-refractivity contribution in [2.45, 2.75) is 33.0 Å². The van der Waals surface area contributed by atoms with Gasteiger partial charge in [0.25, 0.3) is 0 Å². The normalized spacial score (nSPS) is 13.7. The van der Waals surface area contributed by atoms with E-state index in [-0.39, 0.29) is 31.4 Å². The molecule has 0 atom stereocenters. The fourth-order valence-electron chi connectivity index (χ4n) is 1.88. The number of aromatic nitrogens is 2. The number of nitrogens with one attached hydrogen (secondary N) is 1. The first-order valence-electron chi connectivity index (χ1n) is 4.75. The van der Waals surface area contributed by atoms with Gasteiger partial charge in [0, 0.05) is 37.3 Å². The zero-order valence-corrected chi connectivity index (χ0v) is 10.3. The van der Waals surface area contributed by atoms with Crippen molar-refractivity contribution in [2.24, 2.45) is 0 Å². The smallest absolute Gasteiger partial charge is 0.0926 e. The second-order valence-corrected chi connectivity index (χ2v) is 3.27. The van der Waals surface area contributed by atoms with Crippen molar-refractivity contribution in [1.29, 1.82) is 0 Å². The van der Waals surface area contributed by atoms with Crippen molar-refractivity contribution in [2.75, 3.05) is 6.54 Å². The second kappa shape index (κ2) is 6.33. The van der Waals surface area contributed by atoms with Crippen molar-refractivity contribution in [1.82, 2.24) is 15.1 Å². The molecule has 2 rings (SSSR count). The molecule has 15 heavy (non-hydrogen) atoms. The molecule has 0 aliphatic carbocycles. The van der Waals surface area contributed by atoms with Crippen LogP contribution in [0.1, 0.15) is 23.9 Å². The predicted molar refractivity (Wildman–Crippen MR) is 63.7 cm³/mol. The van der Waals surface area contributed by atoms with Gasteiger partial charge in [-0.3, -0.25) is 4.68 Å². The summed E-state index contributed by atoms with van der Waals surface area (Å²) in [6.45, 7) is 4.89. The molecule has 0 fully saturated rings. The molecular formula is C9H17Cl2N3O. The van der Waals surface area contributed by atoms with Gasteiger partial charge in [-0.1, -0.05) is 0 Å². The Morgan fingerprint density at radius 2 is 2.20 bits per heavy atom. The maximum Gasteiger partial charge on any atom is 0.0926 e. The maximum atomic E-state index is 9.10. The molecule has 0 saturated heterocycles. The lowest BCUT2D eigenvalue weighted by Crippen LogP contribution is -2.25. The number of hydrogen-bond acceptors (Lipinski definition) is 3. The third kappa shape index (κ3) is 2.64. The Kier molecular flexibility index (Phi) is 6.20. The molecule has 2 heterocycles. The number of aliphatic hydroxyl groups excluding tert-OH is 1. The highest BCUT2D eigenvalue weighted by Gasteiger charge is 2.18. The summed E-state index contributed by atoms with van der Waals surface area (Å²) in [6.07, 6.45) is 1.02. The largest absolute Gasteiger partial charge is 0.390 e. The second-order valence-electron chi connectivity index (χ2n) is 3.27. The fourth-order valence-corrected chi connectivity index (χ4v) is 1.88. The summed E-state index contributed by atoms with van der Waals surface area (Å²) >= 11 is 0. The first kappa shape index (κ1) is 14.7. The van der Waals surface area contributed by atoms with E-state index >= 15 is 0 Å². The highest BCUT2D eigenvalue weighted by molar-refractivity contribution is 5.85. The molecule has 0 saturated carbocycles. The number of halogens is 2. The van der Waals surface area contributed by atoms with E-state index in [9.17, 15) is 0 Å². The molecule has 0 unspecified atom stereocenters. The van der Waals surface area contributed by atoms with E-state index in [0.717, 1.165) is 31.7 Å². The minimum Gasteiger partial charge on any atom is -0.390 e. The average Bonchev–Trinajstić information content (AvgIpc) is 2.56. The number of fused-ring (bicyclic) bond motifs is 1. The minimum atomic E-state index is 0. The van der Waals surface area contributed by atoms with E-state index in [4.69, 9.17) is 5.11 Å². The van der Waals surface area contributed by atoms with E-state index in [1.807, 2.05) is 4.68 Å². The quantitative estimate of drug-likeness (QED) is 0.823. The van der Waals surface area contributed by atoms with Gasteiger partial charge >= 0.3 is 0 Å². The maximum absolute atomic E-state index is 9.10. The third-order valence-corrected chi connectivity index (χ3v) is 2.54. The van der Waals surface area contributed by atoms with Crippen molar-refractivity contribution < 1.29 is 5.11 Å². The van der Waals surface area contributed by atoms with Gasteiger partial charge in [0.05, 0.1) is 12.3 Å². The molecule has 2 N–H and O–H groups in total. The molecular weight excluding hydrogens is 237 g/mol. The van der Waals surface area contributed by atoms with Gasteiger partial charge in [0.15, 0.2) is 0 Å². The van der Waals surface area contributed by atoms with Gasteiger partial charge < -0.3 is 10.4 Å². The molecule has 88 valence electrons. The van der Waals surface area contributed by atoms with Gasteiger partial charge in [-0.2, -0.15) is 5.10 Å². The monoisotopic (exact) mass is 253 g/mol. The lowest BCUT2D eigenvalue weighted by molar-refractivity contribution is 0.274. The molecule has 4 nitrogen and oxygen atoms in total. The van der Waals surface area contributed by atoms with Crippen LogP contribution in [0, 0.1) is 0 Å². The summed E-state index contributed by atoms with van der Waals surface area (Å²) in [5, 5.41) is 16.7. The Bertz CT molecular complexity index is 286. The molecule has 0 bridgehead atoms. The van der Waals surface area contributed by atoms with Crippen LogP contribution >= 0.6 is 24.8 Å². The van der Waals surface area contributed by atoms with Crippen molar-refractivity contribution in [3.8, 4) is 0 Å². The Labute approximate surface area is 102 Å². The summed E-state index contributed by atoms with van der Waals surface area (Å²) in [4.78, 5) is 0. The van der Waals surface area contributed by atoms with Gasteiger partial charge in [-0.15, -0.1) is 24.8 Å². The van der Waals surface area contributed by atoms with Crippen LogP contribution in [0.15, 0.2) is 0 Å². The van der Waals surface area contributed by atoms with E-state index in [1.165, 1.54) is 11.3 Å². The summed E-state index contributed by atoms with van der Waals surface area (Å²) in [5.41, 5.74) is 3.34. The van der Waals surface area contributed by atoms with Crippen LogP contribution in [0.2, 0.25) is 0 Å². The Balaban J connectivity index is 0.000000980. The lowest BCUT2D eigenvalue weighted by atomic mass is 10.1. The van der Waals surface area contributed by atoms with Crippen molar-refractivity contribution in [3.05, 3.63) is 17.0 Å². The van der Waals surface area contributed by atoms with Crippen LogP contribution in [-0.2, 0) is 26.1 Å². The first-order chi connectivity index (χ1) is 6.36. The Hall–Kier alpha value is -0.290. The average molecular weight is 254 g/mol. The number of hydrogen-bond donors (Lipinski definition) is 2. The van der Waals surface area contributed by atoms with E-state index in [2.05, 4.69) is 17.3 Å². The number of aryl methyl sites for hydroxylation is 1. The Morgan fingerprint density at radius 1 is 1.47 bits per heavy atom. The van der Waals surface area contributed by atoms with Crippen LogP contribution in [0.25, 0.3) is 0 Å². The van der Waals surface area contributed by atoms with Crippen LogP contribution in [-0.4, -0.2) is 21.4 Å². The van der Waals surface area contributed by atoms with Gasteiger partial charge in [0.1, 0.15) is 0 Å². The third-order valence-electron chi connectivity index (χ3n) is 2.54. The molecule has 1 aliphatic heterocycles. The first-order valence-corrected chi connectivity index (χ1v) is 4.75. The Morgan fingerprint density at radius 3 is 2.80 bits per heavy atom. The molecule has 0 amide bonds. The highest BCUT2D eigenvalue weighted by atomic mass is 35.5. The van der Waals surface area contributed by atoms with Crippen LogP contribution in [0.3, 0.4) is 0 Å². The fraction of sp³-hybridized carbons (Fsp3) is 0.667. The predicted octanol–water partition coefficient (Wildman–Crippen LogP) is 0.885. The van der Waals surface area contributed by atoms with Crippen molar-refractivity contribution >= 4 is 24.8 Å². The molecule has 0 aromatic carbocycles. The topological polar surface area (TPSA) is 50.1 Å². The number of nitrogens with zero attached hydrogens (tertiary/aromatic N) is 2. The summed E-state index contributed by atoms with van der Waals surface area (Å²) in [7, 11) is 0. The zero-order chi connectivity index (χ0) is 9.26.